The molecule has 1 unspecified atom stereocenters. The van der Waals surface area contributed by atoms with Gasteiger partial charge in [0.15, 0.2) is 0 Å². The van der Waals surface area contributed by atoms with E-state index in [1.165, 1.54) is 16.2 Å². The van der Waals surface area contributed by atoms with Gasteiger partial charge >= 0.3 is 12.2 Å². The van der Waals surface area contributed by atoms with Gasteiger partial charge in [-0.1, -0.05) is 60.7 Å². The van der Waals surface area contributed by atoms with Gasteiger partial charge in [0, 0.05) is 12.7 Å². The number of hydrogen-bond acceptors (Lipinski definition) is 7. The first kappa shape index (κ1) is 27.2. The van der Waals surface area contributed by atoms with Crippen molar-refractivity contribution >= 4 is 23.5 Å². The fourth-order valence-corrected chi connectivity index (χ4v) is 4.01. The highest BCUT2D eigenvalue weighted by Crippen LogP contribution is 2.15. The topological polar surface area (TPSA) is 101 Å². The molecular weight excluding hydrogens is 478 g/mol. The van der Waals surface area contributed by atoms with Gasteiger partial charge < -0.3 is 24.8 Å². The number of carbonyl (C=O) groups is 2. The largest absolute Gasteiger partial charge is 0.444 e. The molecule has 1 heterocycles. The number of thiazole rings is 1. The normalized spacial score (nSPS) is 12.9. The summed E-state index contributed by atoms with van der Waals surface area (Å²) in [6.45, 7) is 5.60. The average molecular weight is 512 g/mol. The Balaban J connectivity index is 1.75. The molecule has 3 rings (SSSR count). The Morgan fingerprint density at radius 3 is 2.28 bits per heavy atom. The van der Waals surface area contributed by atoms with Crippen LogP contribution in [-0.4, -0.2) is 51.5 Å². The summed E-state index contributed by atoms with van der Waals surface area (Å²) in [7, 11) is 0. The van der Waals surface area contributed by atoms with Crippen LogP contribution in [0.1, 0.15) is 36.8 Å². The molecule has 0 saturated heterocycles. The minimum absolute atomic E-state index is 0.0519. The van der Waals surface area contributed by atoms with Crippen molar-refractivity contribution < 1.29 is 24.2 Å². The summed E-state index contributed by atoms with van der Waals surface area (Å²) >= 11 is 1.39. The third-order valence-electron chi connectivity index (χ3n) is 5.17. The lowest BCUT2D eigenvalue weighted by Crippen LogP contribution is -2.51. The third kappa shape index (κ3) is 9.31. The SMILES string of the molecule is CC(C)(C)OC(=O)NC(Cc1ccccc1)[C@H](O)CN(Cc1ccccc1)C(=O)OCc1cncs1. The summed E-state index contributed by atoms with van der Waals surface area (Å²) in [6.07, 6.45) is -0.282. The second kappa shape index (κ2) is 13.0. The van der Waals surface area contributed by atoms with Gasteiger partial charge in [0.05, 0.1) is 29.1 Å². The smallest absolute Gasteiger partial charge is 0.410 e. The fourth-order valence-electron chi connectivity index (χ4n) is 3.51. The zero-order valence-electron chi connectivity index (χ0n) is 20.8. The van der Waals surface area contributed by atoms with Crippen LogP contribution in [0.4, 0.5) is 9.59 Å². The van der Waals surface area contributed by atoms with E-state index in [2.05, 4.69) is 10.3 Å². The van der Waals surface area contributed by atoms with Gasteiger partial charge in [0.1, 0.15) is 12.2 Å². The molecular formula is C27H33N3O5S. The van der Waals surface area contributed by atoms with Crippen LogP contribution in [-0.2, 0) is 29.0 Å². The maximum absolute atomic E-state index is 13.0. The Morgan fingerprint density at radius 2 is 1.69 bits per heavy atom. The van der Waals surface area contributed by atoms with Crippen molar-refractivity contribution in [2.24, 2.45) is 0 Å². The molecule has 9 heteroatoms. The van der Waals surface area contributed by atoms with Crippen LogP contribution in [0.3, 0.4) is 0 Å². The molecule has 0 radical (unpaired) electrons. The van der Waals surface area contributed by atoms with Crippen molar-refractivity contribution in [3.8, 4) is 0 Å². The van der Waals surface area contributed by atoms with Crippen LogP contribution < -0.4 is 5.32 Å². The van der Waals surface area contributed by atoms with Gasteiger partial charge in [-0.3, -0.25) is 4.98 Å². The van der Waals surface area contributed by atoms with Gasteiger partial charge in [-0.2, -0.15) is 0 Å². The van der Waals surface area contributed by atoms with Crippen LogP contribution in [0.2, 0.25) is 0 Å². The summed E-state index contributed by atoms with van der Waals surface area (Å²) in [5, 5.41) is 14.0. The Morgan fingerprint density at radius 1 is 1.06 bits per heavy atom. The number of aromatic nitrogens is 1. The van der Waals surface area contributed by atoms with Crippen LogP contribution in [0.15, 0.2) is 72.4 Å². The van der Waals surface area contributed by atoms with Crippen molar-refractivity contribution in [1.29, 1.82) is 0 Å². The first-order chi connectivity index (χ1) is 17.2. The number of carbonyl (C=O) groups excluding carboxylic acids is 2. The molecule has 8 nitrogen and oxygen atoms in total. The molecule has 0 saturated carbocycles. The number of hydrogen-bond donors (Lipinski definition) is 2. The number of rotatable bonds is 10. The second-order valence-corrected chi connectivity index (χ2v) is 10.4. The van der Waals surface area contributed by atoms with Crippen molar-refractivity contribution in [2.45, 2.75) is 58.1 Å². The molecule has 2 atom stereocenters. The summed E-state index contributed by atoms with van der Waals surface area (Å²) in [5.74, 6) is 0. The molecule has 0 aliphatic heterocycles. The van der Waals surface area contributed by atoms with E-state index in [0.717, 1.165) is 16.0 Å². The van der Waals surface area contributed by atoms with E-state index in [1.807, 2.05) is 60.7 Å². The Hall–Kier alpha value is -3.43. The quantitative estimate of drug-likeness (QED) is 0.406. The number of benzene rings is 2. The second-order valence-electron chi connectivity index (χ2n) is 9.40. The van der Waals surface area contributed by atoms with Crippen molar-refractivity contribution in [3.63, 3.8) is 0 Å². The summed E-state index contributed by atoms with van der Waals surface area (Å²) in [5.41, 5.74) is 2.80. The summed E-state index contributed by atoms with van der Waals surface area (Å²) < 4.78 is 10.9. The monoisotopic (exact) mass is 511 g/mol. The van der Waals surface area contributed by atoms with Gasteiger partial charge in [0.25, 0.3) is 0 Å². The Bertz CT molecular complexity index is 1070. The highest BCUT2D eigenvalue weighted by Gasteiger charge is 2.29. The zero-order chi connectivity index (χ0) is 26.0. The van der Waals surface area contributed by atoms with E-state index in [1.54, 1.807) is 32.5 Å². The number of aliphatic hydroxyl groups is 1. The molecule has 0 bridgehead atoms. The molecule has 3 aromatic rings. The predicted octanol–water partition coefficient (Wildman–Crippen LogP) is 4.78. The Labute approximate surface area is 215 Å². The van der Waals surface area contributed by atoms with Crippen molar-refractivity contribution in [2.75, 3.05) is 6.54 Å². The molecule has 36 heavy (non-hydrogen) atoms. The highest BCUT2D eigenvalue weighted by molar-refractivity contribution is 7.09. The molecule has 2 amide bonds. The van der Waals surface area contributed by atoms with Gasteiger partial charge in [-0.15, -0.1) is 11.3 Å². The van der Waals surface area contributed by atoms with Crippen LogP contribution in [0.5, 0.6) is 0 Å². The molecule has 0 aliphatic rings. The molecule has 0 aliphatic carbocycles. The highest BCUT2D eigenvalue weighted by atomic mass is 32.1. The molecule has 0 fully saturated rings. The number of nitrogens with zero attached hydrogens (tertiary/aromatic N) is 2. The average Bonchev–Trinajstić information content (AvgIpc) is 3.35. The van der Waals surface area contributed by atoms with Crippen molar-refractivity contribution in [3.05, 3.63) is 88.4 Å². The molecule has 0 spiro atoms. The molecule has 1 aromatic heterocycles. The lowest BCUT2D eigenvalue weighted by Gasteiger charge is -2.30. The van der Waals surface area contributed by atoms with E-state index < -0.39 is 29.9 Å². The Kier molecular flexibility index (Phi) is 9.84. The minimum Gasteiger partial charge on any atom is -0.444 e. The summed E-state index contributed by atoms with van der Waals surface area (Å²) in [6, 6.07) is 18.3. The van der Waals surface area contributed by atoms with E-state index in [9.17, 15) is 14.7 Å². The van der Waals surface area contributed by atoms with Crippen LogP contribution in [0.25, 0.3) is 0 Å². The number of nitrogens with one attached hydrogen (secondary N) is 1. The maximum Gasteiger partial charge on any atom is 0.410 e. The summed E-state index contributed by atoms with van der Waals surface area (Å²) in [4.78, 5) is 31.8. The van der Waals surface area contributed by atoms with Gasteiger partial charge in [0.2, 0.25) is 0 Å². The number of amides is 2. The number of alkyl carbamates (subject to hydrolysis) is 1. The molecule has 2 aromatic carbocycles. The van der Waals surface area contributed by atoms with Gasteiger partial charge in [-0.05, 0) is 38.3 Å². The van der Waals surface area contributed by atoms with Gasteiger partial charge in [-0.25, -0.2) is 9.59 Å². The fraction of sp³-hybridized carbons (Fsp3) is 0.370. The predicted molar refractivity (Wildman–Crippen MR) is 138 cm³/mol. The van der Waals surface area contributed by atoms with E-state index in [-0.39, 0.29) is 19.7 Å². The zero-order valence-corrected chi connectivity index (χ0v) is 21.6. The maximum atomic E-state index is 13.0. The first-order valence-corrected chi connectivity index (χ1v) is 12.6. The number of ether oxygens (including phenoxy) is 2. The van der Waals surface area contributed by atoms with Crippen LogP contribution in [0, 0.1) is 0 Å². The minimum atomic E-state index is -1.09. The standard InChI is InChI=1S/C27H33N3O5S/c1-27(2,3)35-25(32)29-23(14-20-10-6-4-7-11-20)24(31)17-30(16-21-12-8-5-9-13-21)26(33)34-18-22-15-28-19-36-22/h4-13,15,19,23-24,31H,14,16-18H2,1-3H3,(H,29,32)/t23?,24-/m1/s1. The number of aliphatic hydroxyl groups excluding tert-OH is 1. The molecule has 192 valence electrons. The van der Waals surface area contributed by atoms with E-state index >= 15 is 0 Å². The third-order valence-corrected chi connectivity index (χ3v) is 5.92. The van der Waals surface area contributed by atoms with E-state index in [4.69, 9.17) is 9.47 Å². The molecule has 2 N–H and O–H groups in total. The van der Waals surface area contributed by atoms with E-state index in [0.29, 0.717) is 6.42 Å². The first-order valence-electron chi connectivity index (χ1n) is 11.7. The lowest BCUT2D eigenvalue weighted by molar-refractivity contribution is 0.0328. The van der Waals surface area contributed by atoms with Crippen molar-refractivity contribution in [1.82, 2.24) is 15.2 Å². The lowest BCUT2D eigenvalue weighted by atomic mass is 10.0. The van der Waals surface area contributed by atoms with Crippen LogP contribution >= 0.6 is 11.3 Å².